The van der Waals surface area contributed by atoms with E-state index in [4.69, 9.17) is 32.8 Å². The third kappa shape index (κ3) is 5.42. The van der Waals surface area contributed by atoms with Gasteiger partial charge in [-0.3, -0.25) is 14.4 Å². The van der Waals surface area contributed by atoms with Crippen molar-refractivity contribution in [3.8, 4) is 0 Å². The van der Waals surface area contributed by atoms with Crippen molar-refractivity contribution < 1.29 is 71.8 Å². The minimum Gasteiger partial charge on any atom is -0.472 e. The van der Waals surface area contributed by atoms with Gasteiger partial charge in [0.1, 0.15) is 12.2 Å². The van der Waals surface area contributed by atoms with Gasteiger partial charge in [0.05, 0.1) is 19.6 Å². The summed E-state index contributed by atoms with van der Waals surface area (Å²) in [5, 5.41) is 24.5. The second kappa shape index (κ2) is 13.0. The van der Waals surface area contributed by atoms with E-state index in [1.807, 2.05) is 0 Å². The lowest BCUT2D eigenvalue weighted by atomic mass is 9.40. The lowest BCUT2D eigenvalue weighted by Gasteiger charge is -2.68. The number of hydrogen-bond donors (Lipinski definition) is 2. The molecule has 15 nitrogen and oxygen atoms in total. The van der Waals surface area contributed by atoms with Gasteiger partial charge in [-0.05, 0) is 69.6 Å². The van der Waals surface area contributed by atoms with Gasteiger partial charge in [0.15, 0.2) is 22.9 Å². The molecule has 11 unspecified atom stereocenters. The van der Waals surface area contributed by atoms with Crippen LogP contribution < -0.4 is 0 Å². The van der Waals surface area contributed by atoms with Gasteiger partial charge in [0.2, 0.25) is 6.10 Å². The first-order chi connectivity index (χ1) is 25.5. The summed E-state index contributed by atoms with van der Waals surface area (Å²) < 4.78 is 41.2. The summed E-state index contributed by atoms with van der Waals surface area (Å²) in [6.45, 7) is 13.1. The lowest BCUT2D eigenvalue weighted by molar-refractivity contribution is -0.319. The molecule has 3 saturated carbocycles. The standard InChI is InChI=1S/C40H50O15/c1-11-19(2)31(44)54-33-37(8)18-39(55-21(4)42)38(9,24(37)16-25(43)49-10)23-12-14-36(7)27(26(23)30(40(33,39)48)51-20(3)41)28(52-34(46)35(5,6)47)32(45)53-29(36)22-13-15-50-17-22/h11,13,15,17,23-24,28-30,33,47-48H,12,14,16,18H2,1-10H3. The summed E-state index contributed by atoms with van der Waals surface area (Å²) in [6, 6.07) is 1.62. The van der Waals surface area contributed by atoms with Gasteiger partial charge in [0, 0.05) is 54.1 Å². The third-order valence-electron chi connectivity index (χ3n) is 13.4. The van der Waals surface area contributed by atoms with Crippen molar-refractivity contribution in [1.82, 2.24) is 0 Å². The Morgan fingerprint density at radius 1 is 1.04 bits per heavy atom. The van der Waals surface area contributed by atoms with Crippen molar-refractivity contribution in [1.29, 1.82) is 0 Å². The van der Waals surface area contributed by atoms with Crippen molar-refractivity contribution in [3.63, 3.8) is 0 Å². The first kappa shape index (κ1) is 40.2. The smallest absolute Gasteiger partial charge is 0.352 e. The molecule has 6 rings (SSSR count). The van der Waals surface area contributed by atoms with E-state index in [2.05, 4.69) is 0 Å². The highest BCUT2D eigenvalue weighted by atomic mass is 16.6. The molecule has 0 amide bonds. The second-order valence-electron chi connectivity index (χ2n) is 16.9. The monoisotopic (exact) mass is 770 g/mol. The first-order valence-electron chi connectivity index (χ1n) is 18.4. The molecule has 1 saturated heterocycles. The molecule has 0 aromatic carbocycles. The highest BCUT2D eigenvalue weighted by Crippen LogP contribution is 2.82. The number of ether oxygens (including phenoxy) is 6. The van der Waals surface area contributed by atoms with Crippen molar-refractivity contribution in [2.24, 2.45) is 28.1 Å². The van der Waals surface area contributed by atoms with Gasteiger partial charge < -0.3 is 43.1 Å². The summed E-state index contributed by atoms with van der Waals surface area (Å²) in [7, 11) is 1.23. The Morgan fingerprint density at radius 2 is 1.71 bits per heavy atom. The fraction of sp³-hybridized carbons (Fsp3) is 0.650. The molecule has 5 aliphatic rings. The fourth-order valence-corrected chi connectivity index (χ4v) is 11.1. The Bertz CT molecular complexity index is 1890. The second-order valence-corrected chi connectivity index (χ2v) is 16.9. The Labute approximate surface area is 318 Å². The lowest BCUT2D eigenvalue weighted by Crippen LogP contribution is -2.81. The summed E-state index contributed by atoms with van der Waals surface area (Å²) >= 11 is 0. The van der Waals surface area contributed by atoms with Crippen LogP contribution in [0.3, 0.4) is 0 Å². The number of aliphatic hydroxyl groups is 2. The van der Waals surface area contributed by atoms with Crippen LogP contribution in [0.1, 0.15) is 99.7 Å². The molecule has 2 heterocycles. The largest absolute Gasteiger partial charge is 0.472 e. The Morgan fingerprint density at radius 3 is 2.25 bits per heavy atom. The van der Waals surface area contributed by atoms with Crippen molar-refractivity contribution >= 4 is 35.8 Å². The van der Waals surface area contributed by atoms with Crippen LogP contribution >= 0.6 is 0 Å². The van der Waals surface area contributed by atoms with E-state index in [1.165, 1.54) is 53.4 Å². The number of cyclic esters (lactones) is 1. The molecule has 11 atom stereocenters. The van der Waals surface area contributed by atoms with E-state index < -0.39 is 105 Å². The molecule has 1 aromatic rings. The molecule has 2 bridgehead atoms. The van der Waals surface area contributed by atoms with Crippen molar-refractivity contribution in [2.75, 3.05) is 7.11 Å². The quantitative estimate of drug-likeness (QED) is 0.159. The van der Waals surface area contributed by atoms with Gasteiger partial charge >= 0.3 is 35.8 Å². The number of furan rings is 1. The van der Waals surface area contributed by atoms with Gasteiger partial charge in [0.25, 0.3) is 0 Å². The average molecular weight is 771 g/mol. The molecule has 55 heavy (non-hydrogen) atoms. The van der Waals surface area contributed by atoms with Crippen molar-refractivity contribution in [3.05, 3.63) is 47.0 Å². The minimum atomic E-state index is -2.56. The molecule has 1 aliphatic heterocycles. The number of carbonyl (C=O) groups excluding carboxylic acids is 6. The summed E-state index contributed by atoms with van der Waals surface area (Å²) in [5.41, 5.74) is -9.59. The third-order valence-corrected chi connectivity index (χ3v) is 13.4. The Kier molecular flexibility index (Phi) is 9.52. The van der Waals surface area contributed by atoms with Crippen LogP contribution in [0.4, 0.5) is 0 Å². The topological polar surface area (TPSA) is 211 Å². The molecular formula is C40H50O15. The molecule has 0 spiro atoms. The molecule has 4 fully saturated rings. The van der Waals surface area contributed by atoms with Crippen LogP contribution in [0.2, 0.25) is 0 Å². The number of rotatable bonds is 9. The molecule has 15 heteroatoms. The molecule has 2 N–H and O–H groups in total. The first-order valence-corrected chi connectivity index (χ1v) is 18.4. The molecule has 300 valence electrons. The number of esters is 6. The zero-order valence-electron chi connectivity index (χ0n) is 32.8. The van der Waals surface area contributed by atoms with Crippen LogP contribution in [-0.2, 0) is 57.2 Å². The van der Waals surface area contributed by atoms with Gasteiger partial charge in [-0.2, -0.15) is 0 Å². The number of carbonyl (C=O) groups is 6. The maximum atomic E-state index is 14.2. The molecular weight excluding hydrogens is 720 g/mol. The van der Waals surface area contributed by atoms with Crippen molar-refractivity contribution in [2.45, 2.75) is 129 Å². The number of hydrogen-bond acceptors (Lipinski definition) is 15. The average Bonchev–Trinajstić information content (AvgIpc) is 3.75. The van der Waals surface area contributed by atoms with E-state index in [0.717, 1.165) is 6.92 Å². The van der Waals surface area contributed by atoms with Gasteiger partial charge in [-0.1, -0.05) is 26.8 Å². The fourth-order valence-electron chi connectivity index (χ4n) is 11.1. The number of fused-ring (bicyclic) bond motifs is 4. The van der Waals surface area contributed by atoms with Crippen LogP contribution in [0, 0.1) is 28.1 Å². The Balaban J connectivity index is 1.76. The van der Waals surface area contributed by atoms with Gasteiger partial charge in [-0.15, -0.1) is 0 Å². The summed E-state index contributed by atoms with van der Waals surface area (Å²) in [4.78, 5) is 81.4. The van der Waals surface area contributed by atoms with Crippen LogP contribution in [0.25, 0.3) is 0 Å². The van der Waals surface area contributed by atoms with Crippen LogP contribution in [-0.4, -0.2) is 88.3 Å². The van der Waals surface area contributed by atoms with Crippen LogP contribution in [0.15, 0.2) is 45.8 Å². The molecule has 4 aliphatic carbocycles. The van der Waals surface area contributed by atoms with Gasteiger partial charge in [-0.25, -0.2) is 14.4 Å². The predicted octanol–water partition coefficient (Wildman–Crippen LogP) is 3.74. The normalized spacial score (nSPS) is 39.0. The van der Waals surface area contributed by atoms with E-state index in [0.29, 0.717) is 5.56 Å². The van der Waals surface area contributed by atoms with Crippen LogP contribution in [0.5, 0.6) is 0 Å². The Hall–Kier alpha value is -4.50. The predicted molar refractivity (Wildman–Crippen MR) is 187 cm³/mol. The van der Waals surface area contributed by atoms with E-state index in [1.54, 1.807) is 33.8 Å². The number of allylic oxidation sites excluding steroid dienone is 1. The summed E-state index contributed by atoms with van der Waals surface area (Å²) in [5.74, 6) is -6.93. The SMILES string of the molecule is CC=C(C)C(=O)OC1C2(C)CC3(OC(C)=O)C(C)(C4CCC5(C)C(=C4C(OC(C)=O)C13O)C(OC(=O)C(C)(C)O)C(=O)OC5c1ccoc1)C2CC(=O)OC. The maximum Gasteiger partial charge on any atom is 0.352 e. The highest BCUT2D eigenvalue weighted by Gasteiger charge is 2.92. The summed E-state index contributed by atoms with van der Waals surface area (Å²) in [6.07, 6.45) is -1.78. The van der Waals surface area contributed by atoms with E-state index >= 15 is 0 Å². The molecule has 0 radical (unpaired) electrons. The maximum absolute atomic E-state index is 14.2. The molecule has 1 aromatic heterocycles. The zero-order chi connectivity index (χ0) is 40.8. The number of methoxy groups -OCH3 is 1. The van der Waals surface area contributed by atoms with E-state index in [-0.39, 0.29) is 42.4 Å². The van der Waals surface area contributed by atoms with E-state index in [9.17, 15) is 39.0 Å². The highest BCUT2D eigenvalue weighted by molar-refractivity contribution is 5.89. The zero-order valence-corrected chi connectivity index (χ0v) is 32.8. The minimum absolute atomic E-state index is 0.119.